The van der Waals surface area contributed by atoms with Crippen LogP contribution in [-0.2, 0) is 11.2 Å². The highest BCUT2D eigenvalue weighted by Gasteiger charge is 2.17. The minimum atomic E-state index is -1.10. The van der Waals surface area contributed by atoms with Gasteiger partial charge in [0, 0.05) is 10.9 Å². The highest BCUT2D eigenvalue weighted by Crippen LogP contribution is 2.18. The number of carbonyl (C=O) groups is 1. The second kappa shape index (κ2) is 6.76. The topological polar surface area (TPSA) is 112 Å². The summed E-state index contributed by atoms with van der Waals surface area (Å²) in [7, 11) is 0. The summed E-state index contributed by atoms with van der Waals surface area (Å²) in [6, 6.07) is 4.47. The number of nitrogens with one attached hydrogen (secondary N) is 2. The summed E-state index contributed by atoms with van der Waals surface area (Å²) in [5.41, 5.74) is -0.383. The van der Waals surface area contributed by atoms with Crippen LogP contribution in [-0.4, -0.2) is 15.9 Å². The molecule has 1 aromatic carbocycles. The molecular formula is C17H12F2N4O3. The molecule has 3 rings (SSSR count). The Morgan fingerprint density at radius 2 is 2.23 bits per heavy atom. The smallest absolute Gasteiger partial charge is 0.252 e. The molecule has 1 atom stereocenters. The van der Waals surface area contributed by atoms with Crippen molar-refractivity contribution in [2.24, 2.45) is 0 Å². The zero-order valence-electron chi connectivity index (χ0n) is 13.5. The van der Waals surface area contributed by atoms with E-state index in [1.807, 2.05) is 0 Å². The normalized spacial score (nSPS) is 11.9. The maximum Gasteiger partial charge on any atom is 0.252 e. The zero-order chi connectivity index (χ0) is 18.8. The van der Waals surface area contributed by atoms with Crippen LogP contribution in [0.3, 0.4) is 0 Å². The molecule has 0 aliphatic carbocycles. The molecule has 0 aliphatic heterocycles. The van der Waals surface area contributed by atoms with E-state index in [0.29, 0.717) is 0 Å². The molecule has 9 heteroatoms. The number of aromatic amines is 1. The second-order valence-corrected chi connectivity index (χ2v) is 5.60. The van der Waals surface area contributed by atoms with E-state index in [9.17, 15) is 18.4 Å². The number of amides is 1. The van der Waals surface area contributed by atoms with Crippen molar-refractivity contribution in [2.45, 2.75) is 19.4 Å². The number of hydrogen-bond donors (Lipinski definition) is 2. The summed E-state index contributed by atoms with van der Waals surface area (Å²) in [5, 5.41) is 11.2. The van der Waals surface area contributed by atoms with Gasteiger partial charge in [-0.1, -0.05) is 0 Å². The Morgan fingerprint density at radius 1 is 1.46 bits per heavy atom. The Kier molecular flexibility index (Phi) is 4.49. The van der Waals surface area contributed by atoms with Crippen molar-refractivity contribution >= 4 is 16.8 Å². The van der Waals surface area contributed by atoms with Gasteiger partial charge in [-0.15, -0.1) is 0 Å². The second-order valence-electron chi connectivity index (χ2n) is 5.60. The first-order valence-corrected chi connectivity index (χ1v) is 7.54. The molecule has 26 heavy (non-hydrogen) atoms. The number of hydrogen-bond acceptors (Lipinski definition) is 5. The third-order valence-corrected chi connectivity index (χ3v) is 3.73. The standard InChI is InChI=1S/C17H12F2N4O3/c1-8(17-22-10(6-20)7-26-17)21-14(24)5-9-4-11-13(23-16(9)25)3-2-12(18)15(11)19/h2-4,7-8H,5H2,1H3,(H,21,24)(H,23,25). The van der Waals surface area contributed by atoms with E-state index in [-0.39, 0.29) is 34.5 Å². The van der Waals surface area contributed by atoms with Crippen LogP contribution in [0.1, 0.15) is 30.1 Å². The van der Waals surface area contributed by atoms with Gasteiger partial charge in [0.25, 0.3) is 5.56 Å². The van der Waals surface area contributed by atoms with Crippen molar-refractivity contribution in [3.63, 3.8) is 0 Å². The number of nitriles is 1. The molecule has 0 spiro atoms. The van der Waals surface area contributed by atoms with Crippen molar-refractivity contribution in [3.8, 4) is 6.07 Å². The van der Waals surface area contributed by atoms with Crippen LogP contribution < -0.4 is 10.9 Å². The molecule has 1 unspecified atom stereocenters. The van der Waals surface area contributed by atoms with Crippen molar-refractivity contribution in [2.75, 3.05) is 0 Å². The van der Waals surface area contributed by atoms with E-state index in [1.165, 1.54) is 6.07 Å². The van der Waals surface area contributed by atoms with Gasteiger partial charge in [-0.2, -0.15) is 5.26 Å². The summed E-state index contributed by atoms with van der Waals surface area (Å²) in [6.07, 6.45) is 0.806. The quantitative estimate of drug-likeness (QED) is 0.742. The summed E-state index contributed by atoms with van der Waals surface area (Å²) in [5.74, 6) is -2.56. The van der Waals surface area contributed by atoms with Crippen molar-refractivity contribution in [3.05, 3.63) is 63.6 Å². The Labute approximate surface area is 145 Å². The van der Waals surface area contributed by atoms with E-state index in [2.05, 4.69) is 15.3 Å². The maximum atomic E-state index is 13.9. The Bertz CT molecular complexity index is 1100. The van der Waals surface area contributed by atoms with Gasteiger partial charge in [0.1, 0.15) is 18.4 Å². The van der Waals surface area contributed by atoms with Crippen molar-refractivity contribution in [1.29, 1.82) is 5.26 Å². The van der Waals surface area contributed by atoms with Crippen molar-refractivity contribution < 1.29 is 18.0 Å². The minimum absolute atomic E-state index is 0.0168. The van der Waals surface area contributed by atoms with Gasteiger partial charge < -0.3 is 14.7 Å². The zero-order valence-corrected chi connectivity index (χ0v) is 13.5. The average molecular weight is 358 g/mol. The third kappa shape index (κ3) is 3.30. The summed E-state index contributed by atoms with van der Waals surface area (Å²) >= 11 is 0. The number of oxazole rings is 1. The number of H-pyrrole nitrogens is 1. The molecule has 7 nitrogen and oxygen atoms in total. The molecule has 3 aromatic rings. The van der Waals surface area contributed by atoms with Gasteiger partial charge in [0.2, 0.25) is 11.8 Å². The SMILES string of the molecule is CC(NC(=O)Cc1cc2c(F)c(F)ccc2[nH]c1=O)c1nc(C#N)co1. The molecule has 0 saturated carbocycles. The van der Waals surface area contributed by atoms with Gasteiger partial charge in [-0.25, -0.2) is 13.8 Å². The van der Waals surface area contributed by atoms with Crippen LogP contribution in [0.2, 0.25) is 0 Å². The molecule has 0 bridgehead atoms. The molecule has 2 aromatic heterocycles. The number of rotatable bonds is 4. The summed E-state index contributed by atoms with van der Waals surface area (Å²) in [6.45, 7) is 1.59. The number of aromatic nitrogens is 2. The number of pyridine rings is 1. The molecule has 0 radical (unpaired) electrons. The van der Waals surface area contributed by atoms with Crippen LogP contribution in [0.15, 0.2) is 33.7 Å². The van der Waals surface area contributed by atoms with E-state index in [4.69, 9.17) is 9.68 Å². The van der Waals surface area contributed by atoms with Crippen LogP contribution in [0.5, 0.6) is 0 Å². The fourth-order valence-corrected chi connectivity index (χ4v) is 2.46. The fraction of sp³-hybridized carbons (Fsp3) is 0.176. The monoisotopic (exact) mass is 358 g/mol. The van der Waals surface area contributed by atoms with Gasteiger partial charge in [-0.05, 0) is 25.1 Å². The van der Waals surface area contributed by atoms with Crippen LogP contribution >= 0.6 is 0 Å². The molecule has 2 N–H and O–H groups in total. The predicted molar refractivity (Wildman–Crippen MR) is 86.0 cm³/mol. The van der Waals surface area contributed by atoms with Gasteiger partial charge in [0.05, 0.1) is 11.9 Å². The first kappa shape index (κ1) is 17.3. The van der Waals surface area contributed by atoms with E-state index < -0.39 is 29.1 Å². The first-order valence-electron chi connectivity index (χ1n) is 7.54. The molecule has 2 heterocycles. The highest BCUT2D eigenvalue weighted by molar-refractivity contribution is 5.83. The average Bonchev–Trinajstić information content (AvgIpc) is 3.09. The molecular weight excluding hydrogens is 346 g/mol. The van der Waals surface area contributed by atoms with Gasteiger partial charge >= 0.3 is 0 Å². The lowest BCUT2D eigenvalue weighted by Gasteiger charge is -2.10. The van der Waals surface area contributed by atoms with Crippen LogP contribution in [0, 0.1) is 23.0 Å². The van der Waals surface area contributed by atoms with Crippen LogP contribution in [0.25, 0.3) is 10.9 Å². The molecule has 132 valence electrons. The van der Waals surface area contributed by atoms with E-state index >= 15 is 0 Å². The summed E-state index contributed by atoms with van der Waals surface area (Å²) in [4.78, 5) is 30.5. The number of fused-ring (bicyclic) bond motifs is 1. The Hall–Kier alpha value is -3.54. The lowest BCUT2D eigenvalue weighted by Crippen LogP contribution is -2.30. The first-order chi connectivity index (χ1) is 12.4. The van der Waals surface area contributed by atoms with Gasteiger partial charge in [0.15, 0.2) is 17.3 Å². The number of halogens is 2. The van der Waals surface area contributed by atoms with Crippen LogP contribution in [0.4, 0.5) is 8.78 Å². The van der Waals surface area contributed by atoms with Gasteiger partial charge in [-0.3, -0.25) is 9.59 Å². The number of nitrogens with zero attached hydrogens (tertiary/aromatic N) is 2. The van der Waals surface area contributed by atoms with E-state index in [0.717, 1.165) is 18.4 Å². The Balaban J connectivity index is 1.80. The molecule has 1 amide bonds. The Morgan fingerprint density at radius 3 is 2.92 bits per heavy atom. The number of carbonyl (C=O) groups excluding carboxylic acids is 1. The lowest BCUT2D eigenvalue weighted by molar-refractivity contribution is -0.121. The maximum absolute atomic E-state index is 13.9. The van der Waals surface area contributed by atoms with E-state index in [1.54, 1.807) is 13.0 Å². The highest BCUT2D eigenvalue weighted by atomic mass is 19.2. The number of benzene rings is 1. The predicted octanol–water partition coefficient (Wildman–Crippen LogP) is 2.09. The fourth-order valence-electron chi connectivity index (χ4n) is 2.46. The van der Waals surface area contributed by atoms with Crippen molar-refractivity contribution in [1.82, 2.24) is 15.3 Å². The summed E-state index contributed by atoms with van der Waals surface area (Å²) < 4.78 is 32.3. The largest absolute Gasteiger partial charge is 0.445 e. The lowest BCUT2D eigenvalue weighted by atomic mass is 10.1. The molecule has 0 fully saturated rings. The minimum Gasteiger partial charge on any atom is -0.445 e. The molecule has 0 saturated heterocycles. The third-order valence-electron chi connectivity index (χ3n) is 3.73. The molecule has 0 aliphatic rings.